The molecular weight excluding hydrogens is 293 g/mol. The Morgan fingerprint density at radius 3 is 2.32 bits per heavy atom. The second-order valence-corrected chi connectivity index (χ2v) is 5.66. The molecule has 2 aromatic heterocycles. The molecule has 0 saturated carbocycles. The van der Waals surface area contributed by atoms with Crippen molar-refractivity contribution < 1.29 is 13.2 Å². The zero-order chi connectivity index (χ0) is 16.4. The molecule has 0 atom stereocenters. The number of nitrogens with zero attached hydrogens (tertiary/aromatic N) is 3. The van der Waals surface area contributed by atoms with E-state index in [1.165, 1.54) is 6.92 Å². The predicted molar refractivity (Wildman–Crippen MR) is 77.5 cm³/mol. The lowest BCUT2D eigenvalue weighted by Gasteiger charge is -2.26. The molecule has 0 aromatic carbocycles. The molecule has 0 bridgehead atoms. The number of aromatic nitrogens is 3. The summed E-state index contributed by atoms with van der Waals surface area (Å²) < 4.78 is 38.3. The number of alkyl halides is 3. The maximum absolute atomic E-state index is 12.8. The highest BCUT2D eigenvalue weighted by Gasteiger charge is 2.33. The van der Waals surface area contributed by atoms with E-state index >= 15 is 0 Å². The molecule has 2 aromatic rings. The van der Waals surface area contributed by atoms with Crippen LogP contribution < -0.4 is 5.32 Å². The smallest absolute Gasteiger partial charge is 0.369 e. The number of hydrogen-bond donors (Lipinski definition) is 1. The van der Waals surface area contributed by atoms with Crippen molar-refractivity contribution in [2.75, 3.05) is 11.9 Å². The molecule has 1 N–H and O–H groups in total. The molecule has 2 rings (SSSR count). The van der Waals surface area contributed by atoms with Crippen molar-refractivity contribution in [3.05, 3.63) is 47.7 Å². The van der Waals surface area contributed by atoms with E-state index in [1.807, 2.05) is 26.0 Å². The fraction of sp³-hybridized carbons (Fsp3) is 0.400. The highest BCUT2D eigenvalue weighted by molar-refractivity contribution is 5.38. The molecule has 0 aliphatic rings. The Balaban J connectivity index is 2.16. The van der Waals surface area contributed by atoms with Crippen molar-refractivity contribution in [3.8, 4) is 0 Å². The summed E-state index contributed by atoms with van der Waals surface area (Å²) in [5, 5.41) is 2.97. The van der Waals surface area contributed by atoms with Gasteiger partial charge in [0.1, 0.15) is 17.3 Å². The lowest BCUT2D eigenvalue weighted by molar-refractivity contribution is -0.141. The number of halogens is 3. The normalized spacial score (nSPS) is 12.3. The van der Waals surface area contributed by atoms with Crippen LogP contribution >= 0.6 is 0 Å². The van der Waals surface area contributed by atoms with Gasteiger partial charge in [0.25, 0.3) is 0 Å². The Morgan fingerprint density at radius 1 is 1.09 bits per heavy atom. The van der Waals surface area contributed by atoms with Gasteiger partial charge in [0.2, 0.25) is 0 Å². The van der Waals surface area contributed by atoms with Crippen LogP contribution in [0, 0.1) is 6.92 Å². The van der Waals surface area contributed by atoms with Gasteiger partial charge in [-0.05, 0) is 24.6 Å². The molecule has 0 spiro atoms. The number of anilines is 1. The van der Waals surface area contributed by atoms with Crippen LogP contribution in [-0.2, 0) is 11.6 Å². The Bertz CT molecular complexity index is 639. The highest BCUT2D eigenvalue weighted by atomic mass is 19.4. The van der Waals surface area contributed by atoms with E-state index in [1.54, 1.807) is 12.4 Å². The minimum atomic E-state index is -4.48. The third-order valence-corrected chi connectivity index (χ3v) is 3.30. The van der Waals surface area contributed by atoms with E-state index < -0.39 is 11.9 Å². The Labute approximate surface area is 126 Å². The monoisotopic (exact) mass is 310 g/mol. The fourth-order valence-electron chi connectivity index (χ4n) is 2.02. The molecule has 0 aliphatic heterocycles. The fourth-order valence-corrected chi connectivity index (χ4v) is 2.02. The third kappa shape index (κ3) is 3.93. The minimum Gasteiger partial charge on any atom is -0.369 e. The second-order valence-electron chi connectivity index (χ2n) is 5.66. The SMILES string of the molecule is Cc1nc(NCC(C)(C)c2ccncc2)cc(C(F)(F)F)n1. The summed E-state index contributed by atoms with van der Waals surface area (Å²) in [6.45, 7) is 5.86. The molecule has 7 heteroatoms. The first-order valence-corrected chi connectivity index (χ1v) is 6.76. The number of rotatable bonds is 4. The predicted octanol–water partition coefficient (Wildman–Crippen LogP) is 3.59. The van der Waals surface area contributed by atoms with Crippen LogP contribution in [0.4, 0.5) is 19.0 Å². The van der Waals surface area contributed by atoms with E-state index in [2.05, 4.69) is 20.3 Å². The van der Waals surface area contributed by atoms with Crippen LogP contribution in [0.15, 0.2) is 30.6 Å². The summed E-state index contributed by atoms with van der Waals surface area (Å²) in [6, 6.07) is 4.69. The van der Waals surface area contributed by atoms with Gasteiger partial charge in [-0.3, -0.25) is 4.98 Å². The molecule has 0 radical (unpaired) electrons. The van der Waals surface area contributed by atoms with E-state index in [4.69, 9.17) is 0 Å². The topological polar surface area (TPSA) is 50.7 Å². The molecule has 0 unspecified atom stereocenters. The zero-order valence-corrected chi connectivity index (χ0v) is 12.6. The van der Waals surface area contributed by atoms with Gasteiger partial charge in [-0.2, -0.15) is 13.2 Å². The van der Waals surface area contributed by atoms with E-state index in [-0.39, 0.29) is 17.1 Å². The largest absolute Gasteiger partial charge is 0.433 e. The van der Waals surface area contributed by atoms with Gasteiger partial charge in [-0.1, -0.05) is 13.8 Å². The highest BCUT2D eigenvalue weighted by Crippen LogP contribution is 2.29. The molecule has 0 fully saturated rings. The van der Waals surface area contributed by atoms with Gasteiger partial charge in [-0.25, -0.2) is 9.97 Å². The molecule has 0 saturated heterocycles. The standard InChI is InChI=1S/C15H17F3N4/c1-10-21-12(15(16,17)18)8-13(22-10)20-9-14(2,3)11-4-6-19-7-5-11/h4-8H,9H2,1-3H3,(H,20,21,22). The van der Waals surface area contributed by atoms with Gasteiger partial charge in [0.05, 0.1) is 0 Å². The maximum atomic E-state index is 12.8. The molecule has 0 amide bonds. The lowest BCUT2D eigenvalue weighted by Crippen LogP contribution is -2.28. The molecule has 118 valence electrons. The Morgan fingerprint density at radius 2 is 1.73 bits per heavy atom. The maximum Gasteiger partial charge on any atom is 0.433 e. The van der Waals surface area contributed by atoms with Gasteiger partial charge < -0.3 is 5.32 Å². The van der Waals surface area contributed by atoms with Crippen LogP contribution in [0.2, 0.25) is 0 Å². The summed E-state index contributed by atoms with van der Waals surface area (Å²) in [6.07, 6.45) is -1.11. The van der Waals surface area contributed by atoms with Crippen molar-refractivity contribution in [2.45, 2.75) is 32.4 Å². The minimum absolute atomic E-state index is 0.0824. The average Bonchev–Trinajstić information content (AvgIpc) is 2.45. The van der Waals surface area contributed by atoms with E-state index in [0.29, 0.717) is 6.54 Å². The summed E-state index contributed by atoms with van der Waals surface area (Å²) in [5.74, 6) is 0.251. The van der Waals surface area contributed by atoms with Crippen molar-refractivity contribution in [3.63, 3.8) is 0 Å². The summed E-state index contributed by atoms with van der Waals surface area (Å²) >= 11 is 0. The van der Waals surface area contributed by atoms with E-state index in [0.717, 1.165) is 11.6 Å². The first-order valence-electron chi connectivity index (χ1n) is 6.76. The van der Waals surface area contributed by atoms with Crippen LogP contribution in [0.25, 0.3) is 0 Å². The van der Waals surface area contributed by atoms with Crippen LogP contribution in [0.5, 0.6) is 0 Å². The van der Waals surface area contributed by atoms with Gasteiger partial charge in [-0.15, -0.1) is 0 Å². The van der Waals surface area contributed by atoms with Crippen molar-refractivity contribution in [1.82, 2.24) is 15.0 Å². The summed E-state index contributed by atoms with van der Waals surface area (Å²) in [7, 11) is 0. The van der Waals surface area contributed by atoms with Crippen molar-refractivity contribution in [2.24, 2.45) is 0 Å². The van der Waals surface area contributed by atoms with Gasteiger partial charge in [0, 0.05) is 30.4 Å². The van der Waals surface area contributed by atoms with Crippen LogP contribution in [0.1, 0.15) is 30.9 Å². The molecule has 2 heterocycles. The Hall–Kier alpha value is -2.18. The van der Waals surface area contributed by atoms with Crippen LogP contribution in [0.3, 0.4) is 0 Å². The number of nitrogens with one attached hydrogen (secondary N) is 1. The zero-order valence-electron chi connectivity index (χ0n) is 12.6. The number of aryl methyl sites for hydroxylation is 1. The summed E-state index contributed by atoms with van der Waals surface area (Å²) in [5.41, 5.74) is -0.179. The molecular formula is C15H17F3N4. The molecule has 0 aliphatic carbocycles. The molecule has 22 heavy (non-hydrogen) atoms. The number of pyridine rings is 1. The number of hydrogen-bond acceptors (Lipinski definition) is 4. The molecule has 4 nitrogen and oxygen atoms in total. The van der Waals surface area contributed by atoms with Crippen molar-refractivity contribution >= 4 is 5.82 Å². The first-order chi connectivity index (χ1) is 10.2. The quantitative estimate of drug-likeness (QED) is 0.937. The van der Waals surface area contributed by atoms with E-state index in [9.17, 15) is 13.2 Å². The lowest BCUT2D eigenvalue weighted by atomic mass is 9.85. The Kier molecular flexibility index (Phi) is 4.35. The average molecular weight is 310 g/mol. The van der Waals surface area contributed by atoms with Gasteiger partial charge in [0.15, 0.2) is 0 Å². The summed E-state index contributed by atoms with van der Waals surface area (Å²) in [4.78, 5) is 11.4. The second kappa shape index (κ2) is 5.90. The third-order valence-electron chi connectivity index (χ3n) is 3.30. The van der Waals surface area contributed by atoms with Crippen LogP contribution in [-0.4, -0.2) is 21.5 Å². The van der Waals surface area contributed by atoms with Gasteiger partial charge >= 0.3 is 6.18 Å². The van der Waals surface area contributed by atoms with Crippen molar-refractivity contribution in [1.29, 1.82) is 0 Å². The first kappa shape index (κ1) is 16.2.